The molecule has 0 aliphatic heterocycles. The molecule has 1 heterocycles. The fourth-order valence-electron chi connectivity index (χ4n) is 2.68. The maximum Gasteiger partial charge on any atom is 0.184 e. The Labute approximate surface area is 126 Å². The fraction of sp³-hybridized carbons (Fsp3) is 0.500. The van der Waals surface area contributed by atoms with Crippen LogP contribution in [0.4, 0.5) is 5.13 Å². The number of nitrogens with zero attached hydrogens (tertiary/aromatic N) is 1. The number of hydrogen-bond donors (Lipinski definition) is 1. The number of rotatable bonds is 3. The summed E-state index contributed by atoms with van der Waals surface area (Å²) >= 11 is 9.85. The zero-order valence-electron chi connectivity index (χ0n) is 10.9. The molecule has 1 aromatic carbocycles. The molecule has 0 spiro atoms. The lowest BCUT2D eigenvalue weighted by Crippen LogP contribution is -2.34. The number of fused-ring (bicyclic) bond motifs is 1. The summed E-state index contributed by atoms with van der Waals surface area (Å²) in [6, 6.07) is 6.45. The minimum atomic E-state index is 0.545. The van der Waals surface area contributed by atoms with E-state index in [0.29, 0.717) is 11.3 Å². The van der Waals surface area contributed by atoms with Crippen LogP contribution in [0.25, 0.3) is 10.2 Å². The van der Waals surface area contributed by atoms with E-state index in [1.165, 1.54) is 25.7 Å². The van der Waals surface area contributed by atoms with E-state index in [9.17, 15) is 0 Å². The monoisotopic (exact) mass is 312 g/mol. The maximum absolute atomic E-state index is 6.21. The van der Waals surface area contributed by atoms with Gasteiger partial charge in [0.05, 0.1) is 15.2 Å². The second-order valence-electron chi connectivity index (χ2n) is 4.92. The van der Waals surface area contributed by atoms with Crippen molar-refractivity contribution in [1.29, 1.82) is 0 Å². The number of halogens is 1. The number of hydrogen-bond acceptors (Lipinski definition) is 4. The van der Waals surface area contributed by atoms with E-state index in [2.05, 4.69) is 16.6 Å². The number of thiazole rings is 1. The maximum atomic E-state index is 6.21. The molecule has 5 heteroatoms. The van der Waals surface area contributed by atoms with E-state index in [0.717, 1.165) is 20.4 Å². The molecular formula is C14H17ClN2S2. The van der Waals surface area contributed by atoms with Gasteiger partial charge in [0.25, 0.3) is 0 Å². The molecule has 1 aromatic heterocycles. The number of benzene rings is 1. The van der Waals surface area contributed by atoms with Crippen LogP contribution < -0.4 is 5.32 Å². The molecule has 2 unspecified atom stereocenters. The van der Waals surface area contributed by atoms with Crippen molar-refractivity contribution in [3.8, 4) is 0 Å². The van der Waals surface area contributed by atoms with Crippen molar-refractivity contribution in [2.75, 3.05) is 11.6 Å². The molecular weight excluding hydrogens is 296 g/mol. The van der Waals surface area contributed by atoms with Crippen LogP contribution in [0, 0.1) is 0 Å². The molecule has 0 saturated heterocycles. The predicted molar refractivity (Wildman–Crippen MR) is 87.8 cm³/mol. The first kappa shape index (κ1) is 13.5. The van der Waals surface area contributed by atoms with E-state index < -0.39 is 0 Å². The number of nitrogens with one attached hydrogen (secondary N) is 1. The van der Waals surface area contributed by atoms with Crippen molar-refractivity contribution in [3.05, 3.63) is 23.2 Å². The molecule has 0 bridgehead atoms. The Kier molecular flexibility index (Phi) is 4.20. The van der Waals surface area contributed by atoms with Crippen molar-refractivity contribution >= 4 is 50.0 Å². The summed E-state index contributed by atoms with van der Waals surface area (Å²) in [5.41, 5.74) is 0.997. The standard InChI is InChI=1S/C14H17ClN2S2/c1-18-12-8-3-2-6-10(12)16-14-17-11-7-4-5-9(15)13(11)19-14/h4-5,7,10,12H,2-3,6,8H2,1H3,(H,16,17). The second-order valence-corrected chi connectivity index (χ2v) is 7.40. The Hall–Kier alpha value is -0.450. The van der Waals surface area contributed by atoms with Crippen LogP contribution in [-0.2, 0) is 0 Å². The third-order valence-corrected chi connectivity index (χ3v) is 6.31. The van der Waals surface area contributed by atoms with Crippen LogP contribution in [0.1, 0.15) is 25.7 Å². The minimum absolute atomic E-state index is 0.545. The van der Waals surface area contributed by atoms with Gasteiger partial charge in [0.15, 0.2) is 5.13 Å². The molecule has 3 rings (SSSR count). The summed E-state index contributed by atoms with van der Waals surface area (Å²) in [7, 11) is 0. The Balaban J connectivity index is 1.82. The highest BCUT2D eigenvalue weighted by atomic mass is 35.5. The highest BCUT2D eigenvalue weighted by Gasteiger charge is 2.25. The zero-order chi connectivity index (χ0) is 13.2. The lowest BCUT2D eigenvalue weighted by Gasteiger charge is -2.30. The van der Waals surface area contributed by atoms with Gasteiger partial charge in [-0.25, -0.2) is 4.98 Å². The number of anilines is 1. The number of aromatic nitrogens is 1. The summed E-state index contributed by atoms with van der Waals surface area (Å²) in [6.07, 6.45) is 7.44. The van der Waals surface area contributed by atoms with Gasteiger partial charge in [0.1, 0.15) is 0 Å². The van der Waals surface area contributed by atoms with Crippen molar-refractivity contribution in [1.82, 2.24) is 4.98 Å². The van der Waals surface area contributed by atoms with Gasteiger partial charge in [-0.2, -0.15) is 11.8 Å². The van der Waals surface area contributed by atoms with Gasteiger partial charge < -0.3 is 5.32 Å². The summed E-state index contributed by atoms with van der Waals surface area (Å²) in [5.74, 6) is 0. The van der Waals surface area contributed by atoms with Gasteiger partial charge in [-0.05, 0) is 31.2 Å². The normalized spacial score (nSPS) is 23.7. The Morgan fingerprint density at radius 3 is 3.00 bits per heavy atom. The van der Waals surface area contributed by atoms with Crippen LogP contribution in [0.5, 0.6) is 0 Å². The molecule has 1 fully saturated rings. The molecule has 1 saturated carbocycles. The first-order chi connectivity index (χ1) is 9.28. The highest BCUT2D eigenvalue weighted by Crippen LogP contribution is 2.35. The molecule has 19 heavy (non-hydrogen) atoms. The zero-order valence-corrected chi connectivity index (χ0v) is 13.2. The summed E-state index contributed by atoms with van der Waals surface area (Å²) in [6.45, 7) is 0. The number of thioether (sulfide) groups is 1. The highest BCUT2D eigenvalue weighted by molar-refractivity contribution is 7.99. The minimum Gasteiger partial charge on any atom is -0.358 e. The largest absolute Gasteiger partial charge is 0.358 e. The van der Waals surface area contributed by atoms with Gasteiger partial charge >= 0.3 is 0 Å². The average molecular weight is 313 g/mol. The van der Waals surface area contributed by atoms with E-state index in [1.54, 1.807) is 11.3 Å². The quantitative estimate of drug-likeness (QED) is 0.860. The topological polar surface area (TPSA) is 24.9 Å². The molecule has 1 aliphatic carbocycles. The summed E-state index contributed by atoms with van der Waals surface area (Å²) in [4.78, 5) is 4.65. The molecule has 0 radical (unpaired) electrons. The first-order valence-corrected chi connectivity index (χ1v) is 9.10. The Morgan fingerprint density at radius 2 is 2.21 bits per heavy atom. The Bertz CT molecular complexity index is 570. The first-order valence-electron chi connectivity index (χ1n) is 6.62. The molecule has 1 aliphatic rings. The van der Waals surface area contributed by atoms with Gasteiger partial charge in [0, 0.05) is 11.3 Å². The van der Waals surface area contributed by atoms with Crippen molar-refractivity contribution in [2.24, 2.45) is 0 Å². The molecule has 2 nitrogen and oxygen atoms in total. The van der Waals surface area contributed by atoms with Gasteiger partial charge in [-0.15, -0.1) is 0 Å². The summed E-state index contributed by atoms with van der Waals surface area (Å²) < 4.78 is 1.09. The predicted octanol–water partition coefficient (Wildman–Crippen LogP) is 5.04. The summed E-state index contributed by atoms with van der Waals surface area (Å²) in [5, 5.41) is 6.14. The smallest absolute Gasteiger partial charge is 0.184 e. The fourth-order valence-corrected chi connectivity index (χ4v) is 4.83. The van der Waals surface area contributed by atoms with E-state index in [-0.39, 0.29) is 0 Å². The SMILES string of the molecule is CSC1CCCCC1Nc1nc2cccc(Cl)c2s1. The van der Waals surface area contributed by atoms with Crippen molar-refractivity contribution in [3.63, 3.8) is 0 Å². The average Bonchev–Trinajstić information content (AvgIpc) is 2.83. The van der Waals surface area contributed by atoms with Crippen LogP contribution in [0.2, 0.25) is 5.02 Å². The second kappa shape index (κ2) is 5.90. The molecule has 102 valence electrons. The van der Waals surface area contributed by atoms with Crippen molar-refractivity contribution < 1.29 is 0 Å². The van der Waals surface area contributed by atoms with Crippen LogP contribution in [0.15, 0.2) is 18.2 Å². The van der Waals surface area contributed by atoms with Crippen molar-refractivity contribution in [2.45, 2.75) is 37.0 Å². The van der Waals surface area contributed by atoms with E-state index in [1.807, 2.05) is 30.0 Å². The van der Waals surface area contributed by atoms with Gasteiger partial charge in [0.2, 0.25) is 0 Å². The lowest BCUT2D eigenvalue weighted by molar-refractivity contribution is 0.475. The van der Waals surface area contributed by atoms with Crippen LogP contribution >= 0.6 is 34.7 Å². The van der Waals surface area contributed by atoms with E-state index in [4.69, 9.17) is 11.6 Å². The van der Waals surface area contributed by atoms with Crippen LogP contribution in [0.3, 0.4) is 0 Å². The Morgan fingerprint density at radius 1 is 1.37 bits per heavy atom. The molecule has 2 atom stereocenters. The third kappa shape index (κ3) is 2.86. The molecule has 0 amide bonds. The van der Waals surface area contributed by atoms with Gasteiger partial charge in [-0.3, -0.25) is 0 Å². The molecule has 2 aromatic rings. The van der Waals surface area contributed by atoms with E-state index >= 15 is 0 Å². The third-order valence-electron chi connectivity index (χ3n) is 3.68. The van der Waals surface area contributed by atoms with Crippen LogP contribution in [-0.4, -0.2) is 22.5 Å². The molecule has 1 N–H and O–H groups in total. The lowest BCUT2D eigenvalue weighted by atomic mass is 9.95. The van der Waals surface area contributed by atoms with Gasteiger partial charge in [-0.1, -0.05) is 41.8 Å².